The van der Waals surface area contributed by atoms with Crippen molar-refractivity contribution in [2.45, 2.75) is 31.5 Å². The Morgan fingerprint density at radius 2 is 1.85 bits per heavy atom. The maximum atomic E-state index is 12.9. The van der Waals surface area contributed by atoms with Gasteiger partial charge in [0.25, 0.3) is 0 Å². The van der Waals surface area contributed by atoms with Gasteiger partial charge in [0, 0.05) is 25.7 Å². The predicted molar refractivity (Wildman–Crippen MR) is 91.1 cm³/mol. The molecule has 0 spiro atoms. The van der Waals surface area contributed by atoms with Gasteiger partial charge in [-0.05, 0) is 30.9 Å². The van der Waals surface area contributed by atoms with E-state index in [0.717, 1.165) is 12.3 Å². The number of nitrogens with one attached hydrogen (secondary N) is 2. The van der Waals surface area contributed by atoms with Gasteiger partial charge in [-0.3, -0.25) is 0 Å². The third kappa shape index (κ3) is 5.87. The Kier molecular flexibility index (Phi) is 6.51. The van der Waals surface area contributed by atoms with Crippen LogP contribution in [0.3, 0.4) is 0 Å². The second-order valence-electron chi connectivity index (χ2n) is 6.24. The molecule has 0 saturated carbocycles. The van der Waals surface area contributed by atoms with Gasteiger partial charge in [-0.15, -0.1) is 0 Å². The minimum atomic E-state index is -4.42. The molecule has 2 amide bonds. The van der Waals surface area contributed by atoms with E-state index in [4.69, 9.17) is 0 Å². The molecular formula is C16H22F3N3O3S. The summed E-state index contributed by atoms with van der Waals surface area (Å²) in [4.78, 5) is 11.9. The van der Waals surface area contributed by atoms with Crippen LogP contribution in [0.25, 0.3) is 0 Å². The van der Waals surface area contributed by atoms with Gasteiger partial charge in [0.2, 0.25) is 10.0 Å². The summed E-state index contributed by atoms with van der Waals surface area (Å²) < 4.78 is 63.0. The number of nitrogens with zero attached hydrogens (tertiary/aromatic N) is 1. The van der Waals surface area contributed by atoms with Gasteiger partial charge in [-0.2, -0.15) is 13.2 Å². The van der Waals surface area contributed by atoms with E-state index < -0.39 is 27.8 Å². The van der Waals surface area contributed by atoms with Crippen LogP contribution in [0.4, 0.5) is 18.0 Å². The largest absolute Gasteiger partial charge is 0.416 e. The number of halogens is 3. The molecule has 1 fully saturated rings. The first-order chi connectivity index (χ1) is 12.1. The topological polar surface area (TPSA) is 78.5 Å². The second-order valence-corrected chi connectivity index (χ2v) is 8.22. The highest BCUT2D eigenvalue weighted by Crippen LogP contribution is 2.31. The molecule has 0 unspecified atom stereocenters. The van der Waals surface area contributed by atoms with E-state index in [-0.39, 0.29) is 24.6 Å². The number of alkyl halides is 3. The van der Waals surface area contributed by atoms with Crippen molar-refractivity contribution < 1.29 is 26.4 Å². The minimum Gasteiger partial charge on any atom is -0.338 e. The molecule has 0 aliphatic carbocycles. The Balaban J connectivity index is 1.77. The smallest absolute Gasteiger partial charge is 0.338 e. The zero-order valence-electron chi connectivity index (χ0n) is 14.3. The molecule has 1 aromatic carbocycles. The molecule has 1 aliphatic heterocycles. The van der Waals surface area contributed by atoms with Gasteiger partial charge < -0.3 is 10.6 Å². The summed E-state index contributed by atoms with van der Waals surface area (Å²) in [5, 5.41) is 5.28. The summed E-state index contributed by atoms with van der Waals surface area (Å²) in [5.74, 6) is 0. The van der Waals surface area contributed by atoms with Crippen molar-refractivity contribution in [1.82, 2.24) is 14.9 Å². The molecule has 2 N–H and O–H groups in total. The fraction of sp³-hybridized carbons (Fsp3) is 0.562. The highest BCUT2D eigenvalue weighted by atomic mass is 32.2. The van der Waals surface area contributed by atoms with Crippen LogP contribution in [0.5, 0.6) is 0 Å². The predicted octanol–water partition coefficient (Wildman–Crippen LogP) is 1.97. The number of rotatable bonds is 5. The van der Waals surface area contributed by atoms with Crippen molar-refractivity contribution in [1.29, 1.82) is 0 Å². The van der Waals surface area contributed by atoms with Crippen molar-refractivity contribution in [2.75, 3.05) is 25.9 Å². The minimum absolute atomic E-state index is 0.0651. The van der Waals surface area contributed by atoms with Gasteiger partial charge in [-0.1, -0.05) is 18.2 Å². The summed E-state index contributed by atoms with van der Waals surface area (Å²) >= 11 is 0. The van der Waals surface area contributed by atoms with Crippen LogP contribution in [0.2, 0.25) is 0 Å². The van der Waals surface area contributed by atoms with Crippen molar-refractivity contribution in [2.24, 2.45) is 0 Å². The second kappa shape index (κ2) is 8.26. The molecule has 0 atom stereocenters. The number of piperidine rings is 1. The van der Waals surface area contributed by atoms with Gasteiger partial charge >= 0.3 is 12.2 Å². The Labute approximate surface area is 150 Å². The number of urea groups is 1. The Bertz CT molecular complexity index is 730. The molecule has 26 heavy (non-hydrogen) atoms. The van der Waals surface area contributed by atoms with Gasteiger partial charge in [0.1, 0.15) is 0 Å². The Hall–Kier alpha value is -1.81. The third-order valence-electron chi connectivity index (χ3n) is 4.26. The van der Waals surface area contributed by atoms with Crippen molar-refractivity contribution in [3.63, 3.8) is 0 Å². The lowest BCUT2D eigenvalue weighted by molar-refractivity contribution is -0.138. The molecular weight excluding hydrogens is 371 g/mol. The maximum Gasteiger partial charge on any atom is 0.416 e. The first-order valence-corrected chi connectivity index (χ1v) is 10.1. The molecule has 0 bridgehead atoms. The van der Waals surface area contributed by atoms with E-state index in [1.807, 2.05) is 0 Å². The monoisotopic (exact) mass is 393 g/mol. The lowest BCUT2D eigenvalue weighted by atomic mass is 10.0. The number of amides is 2. The number of benzene rings is 1. The van der Waals surface area contributed by atoms with Gasteiger partial charge in [0.05, 0.1) is 11.8 Å². The normalized spacial score (nSPS) is 17.1. The van der Waals surface area contributed by atoms with Crippen LogP contribution in [-0.4, -0.2) is 50.7 Å². The third-order valence-corrected chi connectivity index (χ3v) is 5.56. The van der Waals surface area contributed by atoms with E-state index in [2.05, 4.69) is 10.6 Å². The lowest BCUT2D eigenvalue weighted by Crippen LogP contribution is -2.49. The fourth-order valence-corrected chi connectivity index (χ4v) is 3.77. The summed E-state index contributed by atoms with van der Waals surface area (Å²) in [6.07, 6.45) is -2.22. The van der Waals surface area contributed by atoms with Crippen LogP contribution in [0.1, 0.15) is 24.0 Å². The average molecular weight is 393 g/mol. The molecule has 6 nitrogen and oxygen atoms in total. The SMILES string of the molecule is CS(=O)(=O)N1CCC(NC(=O)NCCc2ccccc2C(F)(F)F)CC1. The van der Waals surface area contributed by atoms with E-state index in [0.29, 0.717) is 25.9 Å². The van der Waals surface area contributed by atoms with Gasteiger partial charge in [0.15, 0.2) is 0 Å². The highest BCUT2D eigenvalue weighted by molar-refractivity contribution is 7.88. The van der Waals surface area contributed by atoms with E-state index >= 15 is 0 Å². The standard InChI is InChI=1S/C16H22F3N3O3S/c1-26(24,25)22-10-7-13(8-11-22)21-15(23)20-9-6-12-4-2-3-5-14(12)16(17,18)19/h2-5,13H,6-11H2,1H3,(H2,20,21,23). The fourth-order valence-electron chi connectivity index (χ4n) is 2.89. The number of hydrogen-bond acceptors (Lipinski definition) is 3. The van der Waals surface area contributed by atoms with Crippen LogP contribution in [-0.2, 0) is 22.6 Å². The number of hydrogen-bond donors (Lipinski definition) is 2. The quantitative estimate of drug-likeness (QED) is 0.803. The molecule has 0 aromatic heterocycles. The molecule has 1 saturated heterocycles. The van der Waals surface area contributed by atoms with E-state index in [1.165, 1.54) is 22.5 Å². The first kappa shape index (κ1) is 20.5. The van der Waals surface area contributed by atoms with Gasteiger partial charge in [-0.25, -0.2) is 17.5 Å². The van der Waals surface area contributed by atoms with Crippen LogP contribution < -0.4 is 10.6 Å². The Morgan fingerprint density at radius 3 is 2.42 bits per heavy atom. The molecule has 0 radical (unpaired) electrons. The zero-order chi connectivity index (χ0) is 19.4. The van der Waals surface area contributed by atoms with Crippen molar-refractivity contribution >= 4 is 16.1 Å². The van der Waals surface area contributed by atoms with Crippen molar-refractivity contribution in [3.05, 3.63) is 35.4 Å². The van der Waals surface area contributed by atoms with Crippen molar-refractivity contribution in [3.8, 4) is 0 Å². The molecule has 1 aliphatic rings. The molecule has 10 heteroatoms. The summed E-state index contributed by atoms with van der Waals surface area (Å²) in [6.45, 7) is 0.743. The molecule has 146 valence electrons. The zero-order valence-corrected chi connectivity index (χ0v) is 15.2. The summed E-state index contributed by atoms with van der Waals surface area (Å²) in [5.41, 5.74) is -0.572. The molecule has 1 aromatic rings. The number of sulfonamides is 1. The first-order valence-electron chi connectivity index (χ1n) is 8.22. The van der Waals surface area contributed by atoms with E-state index in [1.54, 1.807) is 0 Å². The summed E-state index contributed by atoms with van der Waals surface area (Å²) in [7, 11) is -3.23. The lowest BCUT2D eigenvalue weighted by Gasteiger charge is -2.30. The Morgan fingerprint density at radius 1 is 1.23 bits per heavy atom. The van der Waals surface area contributed by atoms with Crippen LogP contribution >= 0.6 is 0 Å². The van der Waals surface area contributed by atoms with Crippen LogP contribution in [0.15, 0.2) is 24.3 Å². The highest BCUT2D eigenvalue weighted by Gasteiger charge is 2.32. The molecule has 2 rings (SSSR count). The molecule has 1 heterocycles. The average Bonchev–Trinajstić information content (AvgIpc) is 2.54. The maximum absolute atomic E-state index is 12.9. The van der Waals surface area contributed by atoms with E-state index in [9.17, 15) is 26.4 Å². The number of carbonyl (C=O) groups is 1. The number of carbonyl (C=O) groups excluding carboxylic acids is 1. The summed E-state index contributed by atoms with van der Waals surface area (Å²) in [6, 6.07) is 4.65. The van der Waals surface area contributed by atoms with Crippen LogP contribution in [0, 0.1) is 0 Å².